The van der Waals surface area contributed by atoms with Crippen molar-refractivity contribution in [3.05, 3.63) is 0 Å². The second-order valence-electron chi connectivity index (χ2n) is 2.52. The molecule has 5 heteroatoms. The molecule has 0 heterocycles. The Labute approximate surface area is 65.3 Å². The molecular formula is C6H13N3O2. The maximum Gasteiger partial charge on any atom is 0.255 e. The normalized spacial score (nSPS) is 12.4. The predicted molar refractivity (Wildman–Crippen MR) is 40.2 cm³/mol. The second kappa shape index (κ2) is 4.68. The minimum atomic E-state index is -0.581. The number of carbonyl (C=O) groups is 2. The fraction of sp³-hybridized carbons (Fsp3) is 0.667. The highest BCUT2D eigenvalue weighted by Crippen LogP contribution is 1.96. The standard InChI is InChI=1S/C6H13N3O2/c1-4(2)5(7)6(11)9-8-3-10/h3-5H,7H2,1-2H3,(H,8,10)(H,9,11). The van der Waals surface area contributed by atoms with E-state index in [2.05, 4.69) is 5.43 Å². The molecule has 0 aliphatic heterocycles. The number of amides is 2. The van der Waals surface area contributed by atoms with Crippen LogP contribution in [0.2, 0.25) is 0 Å². The van der Waals surface area contributed by atoms with Crippen LogP contribution in [-0.4, -0.2) is 18.4 Å². The van der Waals surface area contributed by atoms with E-state index in [1.165, 1.54) is 0 Å². The zero-order valence-electron chi connectivity index (χ0n) is 6.63. The summed E-state index contributed by atoms with van der Waals surface area (Å²) in [4.78, 5) is 20.6. The maximum absolute atomic E-state index is 10.9. The summed E-state index contributed by atoms with van der Waals surface area (Å²) in [6, 6.07) is -0.581. The Balaban J connectivity index is 3.73. The van der Waals surface area contributed by atoms with Crippen molar-refractivity contribution in [1.29, 1.82) is 0 Å². The summed E-state index contributed by atoms with van der Waals surface area (Å²) in [5.41, 5.74) is 9.59. The summed E-state index contributed by atoms with van der Waals surface area (Å²) in [5, 5.41) is 0. The number of nitrogens with one attached hydrogen (secondary N) is 2. The number of rotatable bonds is 4. The van der Waals surface area contributed by atoms with Gasteiger partial charge in [0, 0.05) is 0 Å². The third kappa shape index (κ3) is 3.57. The number of carbonyl (C=O) groups excluding carboxylic acids is 2. The Morgan fingerprint density at radius 2 is 2.09 bits per heavy atom. The van der Waals surface area contributed by atoms with E-state index >= 15 is 0 Å². The fourth-order valence-electron chi connectivity index (χ4n) is 0.487. The summed E-state index contributed by atoms with van der Waals surface area (Å²) in [5.74, 6) is -0.324. The second-order valence-corrected chi connectivity index (χ2v) is 2.52. The monoisotopic (exact) mass is 159 g/mol. The molecule has 2 amide bonds. The van der Waals surface area contributed by atoms with E-state index in [1.807, 2.05) is 19.3 Å². The van der Waals surface area contributed by atoms with Crippen LogP contribution in [-0.2, 0) is 9.59 Å². The molecule has 1 atom stereocenters. The van der Waals surface area contributed by atoms with Crippen LogP contribution in [0.3, 0.4) is 0 Å². The van der Waals surface area contributed by atoms with Gasteiger partial charge in [0.1, 0.15) is 0 Å². The highest BCUT2D eigenvalue weighted by molar-refractivity contribution is 5.82. The van der Waals surface area contributed by atoms with Gasteiger partial charge >= 0.3 is 0 Å². The van der Waals surface area contributed by atoms with Crippen LogP contribution in [0.25, 0.3) is 0 Å². The van der Waals surface area contributed by atoms with Crippen molar-refractivity contribution < 1.29 is 9.59 Å². The molecule has 64 valence electrons. The molecular weight excluding hydrogens is 146 g/mol. The number of hydrazine groups is 1. The van der Waals surface area contributed by atoms with Gasteiger partial charge in [-0.15, -0.1) is 0 Å². The predicted octanol–water partition coefficient (Wildman–Crippen LogP) is -1.25. The Morgan fingerprint density at radius 1 is 1.55 bits per heavy atom. The van der Waals surface area contributed by atoms with E-state index in [-0.39, 0.29) is 11.8 Å². The first kappa shape index (κ1) is 9.90. The summed E-state index contributed by atoms with van der Waals surface area (Å²) >= 11 is 0. The maximum atomic E-state index is 10.9. The van der Waals surface area contributed by atoms with E-state index in [9.17, 15) is 9.59 Å². The van der Waals surface area contributed by atoms with Crippen LogP contribution >= 0.6 is 0 Å². The van der Waals surface area contributed by atoms with Gasteiger partial charge < -0.3 is 5.73 Å². The lowest BCUT2D eigenvalue weighted by molar-refractivity contribution is -0.126. The van der Waals surface area contributed by atoms with Gasteiger partial charge in [-0.3, -0.25) is 20.4 Å². The van der Waals surface area contributed by atoms with Gasteiger partial charge in [-0.2, -0.15) is 0 Å². The molecule has 0 fully saturated rings. The molecule has 0 aliphatic rings. The van der Waals surface area contributed by atoms with E-state index in [1.54, 1.807) is 0 Å². The molecule has 0 spiro atoms. The molecule has 11 heavy (non-hydrogen) atoms. The lowest BCUT2D eigenvalue weighted by Gasteiger charge is -2.13. The summed E-state index contributed by atoms with van der Waals surface area (Å²) < 4.78 is 0. The molecule has 4 N–H and O–H groups in total. The van der Waals surface area contributed by atoms with Crippen molar-refractivity contribution in [2.24, 2.45) is 11.7 Å². The van der Waals surface area contributed by atoms with E-state index in [0.717, 1.165) is 0 Å². The molecule has 0 saturated carbocycles. The van der Waals surface area contributed by atoms with Crippen LogP contribution in [0.1, 0.15) is 13.8 Å². The average Bonchev–Trinajstić information content (AvgIpc) is 1.98. The molecule has 0 aromatic carbocycles. The van der Waals surface area contributed by atoms with E-state index in [4.69, 9.17) is 5.73 Å². The smallest absolute Gasteiger partial charge is 0.255 e. The van der Waals surface area contributed by atoms with Gasteiger partial charge in [0.2, 0.25) is 6.41 Å². The lowest BCUT2D eigenvalue weighted by atomic mass is 10.1. The molecule has 0 bridgehead atoms. The number of nitrogens with two attached hydrogens (primary N) is 1. The minimum absolute atomic E-state index is 0.0588. The summed E-state index contributed by atoms with van der Waals surface area (Å²) in [7, 11) is 0. The van der Waals surface area contributed by atoms with Crippen molar-refractivity contribution in [2.75, 3.05) is 0 Å². The largest absolute Gasteiger partial charge is 0.320 e. The van der Waals surface area contributed by atoms with Crippen molar-refractivity contribution in [3.63, 3.8) is 0 Å². The Hall–Kier alpha value is -1.10. The van der Waals surface area contributed by atoms with Crippen LogP contribution < -0.4 is 16.6 Å². The fourth-order valence-corrected chi connectivity index (χ4v) is 0.487. The highest BCUT2D eigenvalue weighted by atomic mass is 16.2. The van der Waals surface area contributed by atoms with Gasteiger partial charge in [-0.25, -0.2) is 0 Å². The van der Waals surface area contributed by atoms with Gasteiger partial charge in [0.25, 0.3) is 5.91 Å². The Kier molecular flexibility index (Phi) is 4.21. The summed E-state index contributed by atoms with van der Waals surface area (Å²) in [6.07, 6.45) is 0.380. The number of hydrogen-bond donors (Lipinski definition) is 3. The topological polar surface area (TPSA) is 84.2 Å². The van der Waals surface area contributed by atoms with E-state index < -0.39 is 6.04 Å². The quantitative estimate of drug-likeness (QED) is 0.354. The first-order valence-electron chi connectivity index (χ1n) is 3.34. The zero-order chi connectivity index (χ0) is 8.85. The molecule has 0 aromatic rings. The molecule has 5 nitrogen and oxygen atoms in total. The van der Waals surface area contributed by atoms with Gasteiger partial charge in [-0.1, -0.05) is 13.8 Å². The SMILES string of the molecule is CC(C)C(N)C(=O)NNC=O. The molecule has 0 rings (SSSR count). The number of hydrogen-bond acceptors (Lipinski definition) is 3. The van der Waals surface area contributed by atoms with Crippen LogP contribution in [0.4, 0.5) is 0 Å². The van der Waals surface area contributed by atoms with Crippen LogP contribution in [0.5, 0.6) is 0 Å². The van der Waals surface area contributed by atoms with Crippen molar-refractivity contribution >= 4 is 12.3 Å². The Morgan fingerprint density at radius 3 is 2.45 bits per heavy atom. The average molecular weight is 159 g/mol. The zero-order valence-corrected chi connectivity index (χ0v) is 6.63. The third-order valence-electron chi connectivity index (χ3n) is 1.28. The molecule has 1 unspecified atom stereocenters. The van der Waals surface area contributed by atoms with Gasteiger partial charge in [0.05, 0.1) is 6.04 Å². The van der Waals surface area contributed by atoms with Crippen molar-refractivity contribution in [1.82, 2.24) is 10.9 Å². The molecule has 0 aliphatic carbocycles. The first-order valence-corrected chi connectivity index (χ1v) is 3.34. The Bertz CT molecular complexity index is 147. The van der Waals surface area contributed by atoms with Gasteiger partial charge in [0.15, 0.2) is 0 Å². The van der Waals surface area contributed by atoms with E-state index in [0.29, 0.717) is 6.41 Å². The lowest BCUT2D eigenvalue weighted by Crippen LogP contribution is -2.48. The molecule has 0 radical (unpaired) electrons. The summed E-state index contributed by atoms with van der Waals surface area (Å²) in [6.45, 7) is 3.65. The minimum Gasteiger partial charge on any atom is -0.320 e. The highest BCUT2D eigenvalue weighted by Gasteiger charge is 2.15. The first-order chi connectivity index (χ1) is 5.09. The van der Waals surface area contributed by atoms with Crippen LogP contribution in [0, 0.1) is 5.92 Å². The van der Waals surface area contributed by atoms with Gasteiger partial charge in [-0.05, 0) is 5.92 Å². The van der Waals surface area contributed by atoms with Crippen molar-refractivity contribution in [3.8, 4) is 0 Å². The van der Waals surface area contributed by atoms with Crippen molar-refractivity contribution in [2.45, 2.75) is 19.9 Å². The molecule has 0 aromatic heterocycles. The third-order valence-corrected chi connectivity index (χ3v) is 1.28. The van der Waals surface area contributed by atoms with Crippen LogP contribution in [0.15, 0.2) is 0 Å². The molecule has 0 saturated heterocycles.